The summed E-state index contributed by atoms with van der Waals surface area (Å²) < 4.78 is 0. The highest BCUT2D eigenvalue weighted by Gasteiger charge is 2.41. The molecule has 0 aliphatic heterocycles. The first-order chi connectivity index (χ1) is 5.85. The maximum Gasteiger partial charge on any atom is 0.0794 e. The zero-order valence-electron chi connectivity index (χ0n) is 7.12. The molecule has 0 saturated heterocycles. The lowest BCUT2D eigenvalue weighted by atomic mass is 9.97. The number of nitrogens with zero attached hydrogens (tertiary/aromatic N) is 1. The van der Waals surface area contributed by atoms with Gasteiger partial charge in [0.05, 0.1) is 11.2 Å². The highest BCUT2D eigenvalue weighted by molar-refractivity contribution is 7.07. The van der Waals surface area contributed by atoms with Crippen LogP contribution in [-0.4, -0.2) is 11.5 Å². The maximum atomic E-state index is 5.57. The van der Waals surface area contributed by atoms with E-state index in [2.05, 4.69) is 10.4 Å². The highest BCUT2D eigenvalue weighted by atomic mass is 32.1. The van der Waals surface area contributed by atoms with Gasteiger partial charge in [-0.25, -0.2) is 4.98 Å². The molecule has 2 rings (SSSR count). The van der Waals surface area contributed by atoms with Crippen LogP contribution in [0, 0.1) is 5.41 Å². The lowest BCUT2D eigenvalue weighted by Gasteiger charge is -2.10. The third kappa shape index (κ3) is 1.67. The lowest BCUT2D eigenvalue weighted by molar-refractivity contribution is 0.466. The fourth-order valence-electron chi connectivity index (χ4n) is 1.71. The first-order valence-corrected chi connectivity index (χ1v) is 5.36. The summed E-state index contributed by atoms with van der Waals surface area (Å²) in [6, 6.07) is 0. The minimum absolute atomic E-state index is 0.544. The first-order valence-electron chi connectivity index (χ1n) is 4.42. The van der Waals surface area contributed by atoms with Crippen LogP contribution in [0.2, 0.25) is 0 Å². The second kappa shape index (κ2) is 3.15. The number of hydrogen-bond donors (Lipinski definition) is 1. The molecule has 0 atom stereocenters. The Hall–Kier alpha value is -0.410. The van der Waals surface area contributed by atoms with E-state index < -0.39 is 0 Å². The molecule has 2 nitrogen and oxygen atoms in total. The van der Waals surface area contributed by atoms with Gasteiger partial charge in [-0.1, -0.05) is 0 Å². The smallest absolute Gasteiger partial charge is 0.0794 e. The van der Waals surface area contributed by atoms with Gasteiger partial charge in [0.25, 0.3) is 0 Å². The van der Waals surface area contributed by atoms with E-state index in [1.807, 2.05) is 5.51 Å². The van der Waals surface area contributed by atoms with Gasteiger partial charge < -0.3 is 5.73 Å². The molecule has 1 heterocycles. The molecule has 0 unspecified atom stereocenters. The number of aromatic nitrogens is 1. The summed E-state index contributed by atoms with van der Waals surface area (Å²) in [7, 11) is 0. The molecule has 1 saturated carbocycles. The van der Waals surface area contributed by atoms with Crippen molar-refractivity contribution in [2.75, 3.05) is 6.54 Å². The van der Waals surface area contributed by atoms with Gasteiger partial charge in [-0.05, 0) is 37.6 Å². The fraction of sp³-hybridized carbons (Fsp3) is 0.667. The van der Waals surface area contributed by atoms with E-state index in [1.165, 1.54) is 25.0 Å². The number of hydrogen-bond acceptors (Lipinski definition) is 3. The Morgan fingerprint density at radius 1 is 1.58 bits per heavy atom. The predicted molar refractivity (Wildman–Crippen MR) is 51.2 cm³/mol. The minimum atomic E-state index is 0.544. The average Bonchev–Trinajstić information content (AvgIpc) is 2.63. The molecule has 0 aromatic carbocycles. The van der Waals surface area contributed by atoms with E-state index in [0.717, 1.165) is 13.0 Å². The Kier molecular flexibility index (Phi) is 2.15. The Labute approximate surface area is 76.8 Å². The molecule has 0 spiro atoms. The SMILES string of the molecule is NCCC1(Cc2cscn2)CC1. The molecule has 1 aromatic heterocycles. The van der Waals surface area contributed by atoms with Crippen LogP contribution in [0.4, 0.5) is 0 Å². The Morgan fingerprint density at radius 3 is 2.92 bits per heavy atom. The minimum Gasteiger partial charge on any atom is -0.330 e. The van der Waals surface area contributed by atoms with Crippen molar-refractivity contribution in [3.63, 3.8) is 0 Å². The molecular weight excluding hydrogens is 168 g/mol. The molecule has 66 valence electrons. The van der Waals surface area contributed by atoms with E-state index in [-0.39, 0.29) is 0 Å². The van der Waals surface area contributed by atoms with Crippen molar-refractivity contribution in [3.8, 4) is 0 Å². The molecule has 1 aliphatic carbocycles. The molecule has 0 radical (unpaired) electrons. The topological polar surface area (TPSA) is 38.9 Å². The summed E-state index contributed by atoms with van der Waals surface area (Å²) >= 11 is 1.68. The van der Waals surface area contributed by atoms with Crippen molar-refractivity contribution >= 4 is 11.3 Å². The van der Waals surface area contributed by atoms with Gasteiger partial charge >= 0.3 is 0 Å². The summed E-state index contributed by atoms with van der Waals surface area (Å²) in [6.07, 6.45) is 5.02. The third-order valence-electron chi connectivity index (χ3n) is 2.67. The van der Waals surface area contributed by atoms with Crippen LogP contribution in [0.15, 0.2) is 10.9 Å². The van der Waals surface area contributed by atoms with Gasteiger partial charge in [0, 0.05) is 5.38 Å². The lowest BCUT2D eigenvalue weighted by Crippen LogP contribution is -2.12. The Morgan fingerprint density at radius 2 is 2.42 bits per heavy atom. The fourth-order valence-corrected chi connectivity index (χ4v) is 2.27. The second-order valence-corrected chi connectivity index (χ2v) is 4.41. The van der Waals surface area contributed by atoms with Crippen molar-refractivity contribution in [2.45, 2.75) is 25.7 Å². The van der Waals surface area contributed by atoms with Crippen molar-refractivity contribution < 1.29 is 0 Å². The highest BCUT2D eigenvalue weighted by Crippen LogP contribution is 2.50. The Balaban J connectivity index is 1.94. The van der Waals surface area contributed by atoms with Gasteiger partial charge in [0.1, 0.15) is 0 Å². The van der Waals surface area contributed by atoms with Gasteiger partial charge in [-0.2, -0.15) is 0 Å². The summed E-state index contributed by atoms with van der Waals surface area (Å²) in [6.45, 7) is 0.824. The van der Waals surface area contributed by atoms with E-state index in [1.54, 1.807) is 11.3 Å². The van der Waals surface area contributed by atoms with Crippen LogP contribution in [-0.2, 0) is 6.42 Å². The molecule has 1 aromatic rings. The van der Waals surface area contributed by atoms with Crippen LogP contribution in [0.25, 0.3) is 0 Å². The van der Waals surface area contributed by atoms with Crippen molar-refractivity contribution in [2.24, 2.45) is 11.1 Å². The summed E-state index contributed by atoms with van der Waals surface area (Å²) in [5.74, 6) is 0. The molecule has 12 heavy (non-hydrogen) atoms. The second-order valence-electron chi connectivity index (χ2n) is 3.70. The summed E-state index contributed by atoms with van der Waals surface area (Å²) in [4.78, 5) is 4.30. The van der Waals surface area contributed by atoms with Gasteiger partial charge in [-0.15, -0.1) is 11.3 Å². The largest absolute Gasteiger partial charge is 0.330 e. The maximum absolute atomic E-state index is 5.57. The van der Waals surface area contributed by atoms with Gasteiger partial charge in [0.15, 0.2) is 0 Å². The quantitative estimate of drug-likeness (QED) is 0.771. The van der Waals surface area contributed by atoms with E-state index in [4.69, 9.17) is 5.73 Å². The molecule has 2 N–H and O–H groups in total. The van der Waals surface area contributed by atoms with Gasteiger partial charge in [0.2, 0.25) is 0 Å². The Bertz CT molecular complexity index is 239. The third-order valence-corrected chi connectivity index (χ3v) is 3.31. The van der Waals surface area contributed by atoms with Crippen LogP contribution < -0.4 is 5.73 Å². The normalized spacial score (nSPS) is 19.4. The van der Waals surface area contributed by atoms with Crippen LogP contribution in [0.5, 0.6) is 0 Å². The van der Waals surface area contributed by atoms with Crippen molar-refractivity contribution in [1.82, 2.24) is 4.98 Å². The van der Waals surface area contributed by atoms with Crippen LogP contribution in [0.3, 0.4) is 0 Å². The first kappa shape index (κ1) is 8.20. The average molecular weight is 182 g/mol. The zero-order chi connectivity index (χ0) is 8.44. The predicted octanol–water partition coefficient (Wildman–Crippen LogP) is 1.81. The molecule has 0 bridgehead atoms. The summed E-state index contributed by atoms with van der Waals surface area (Å²) in [5.41, 5.74) is 9.28. The number of thiazole rings is 1. The zero-order valence-corrected chi connectivity index (χ0v) is 7.94. The van der Waals surface area contributed by atoms with Crippen LogP contribution >= 0.6 is 11.3 Å². The summed E-state index contributed by atoms with van der Waals surface area (Å²) in [5, 5.41) is 2.15. The van der Waals surface area contributed by atoms with E-state index in [9.17, 15) is 0 Å². The molecule has 0 amide bonds. The molecule has 1 aliphatic rings. The molecule has 1 fully saturated rings. The van der Waals surface area contributed by atoms with Crippen molar-refractivity contribution in [3.05, 3.63) is 16.6 Å². The number of nitrogens with two attached hydrogens (primary N) is 1. The number of rotatable bonds is 4. The standard InChI is InChI=1S/C9H14N2S/c10-4-3-9(1-2-9)5-8-6-12-7-11-8/h6-7H,1-5,10H2. The monoisotopic (exact) mass is 182 g/mol. The molecular formula is C9H14N2S. The van der Waals surface area contributed by atoms with E-state index in [0.29, 0.717) is 5.41 Å². The van der Waals surface area contributed by atoms with E-state index >= 15 is 0 Å². The van der Waals surface area contributed by atoms with Crippen LogP contribution in [0.1, 0.15) is 25.0 Å². The van der Waals surface area contributed by atoms with Gasteiger partial charge in [-0.3, -0.25) is 0 Å². The van der Waals surface area contributed by atoms with Crippen molar-refractivity contribution in [1.29, 1.82) is 0 Å². The molecule has 3 heteroatoms.